The van der Waals surface area contributed by atoms with Crippen molar-refractivity contribution in [1.29, 1.82) is 0 Å². The van der Waals surface area contributed by atoms with E-state index in [0.29, 0.717) is 56.4 Å². The largest absolute Gasteiger partial charge is 0.508 e. The number of morpholine rings is 1. The average molecular weight is 573 g/mol. The maximum absolute atomic E-state index is 13.7. The summed E-state index contributed by atoms with van der Waals surface area (Å²) in [5.41, 5.74) is 0.445. The Morgan fingerprint density at radius 2 is 1.71 bits per heavy atom. The number of aryl methyl sites for hydroxylation is 1. The molecule has 2 heterocycles. The molecule has 4 N–H and O–H groups in total. The number of benzene rings is 1. The number of hydrogen-bond acceptors (Lipinski definition) is 8. The Balaban J connectivity index is 1.44. The van der Waals surface area contributed by atoms with Crippen molar-refractivity contribution in [1.82, 2.24) is 20.9 Å². The van der Waals surface area contributed by atoms with Crippen LogP contribution in [0.2, 0.25) is 0 Å². The van der Waals surface area contributed by atoms with Crippen molar-refractivity contribution in [3.8, 4) is 5.75 Å². The lowest BCUT2D eigenvalue weighted by Crippen LogP contribution is -2.57. The van der Waals surface area contributed by atoms with Crippen LogP contribution in [0.3, 0.4) is 0 Å². The number of nitrogens with zero attached hydrogens (tertiary/aromatic N) is 1. The van der Waals surface area contributed by atoms with Gasteiger partial charge in [0.05, 0.1) is 32.4 Å². The lowest BCUT2D eigenvalue weighted by atomic mass is 9.90. The number of aromatic hydroxyl groups is 1. The number of nitrogens with one attached hydrogen (secondary N) is 3. The minimum absolute atomic E-state index is 0.0878. The highest BCUT2D eigenvalue weighted by atomic mass is 16.6. The molecule has 4 rings (SSSR count). The topological polar surface area (TPSA) is 150 Å². The molecule has 41 heavy (non-hydrogen) atoms. The second-order valence-corrected chi connectivity index (χ2v) is 11.9. The molecule has 226 valence electrons. The van der Waals surface area contributed by atoms with E-state index in [2.05, 4.69) is 16.0 Å². The van der Waals surface area contributed by atoms with E-state index in [9.17, 15) is 24.3 Å². The first kappa shape index (κ1) is 30.9. The lowest BCUT2D eigenvalue weighted by molar-refractivity contribution is -0.134. The molecular weight excluding hydrogens is 528 g/mol. The fourth-order valence-electron chi connectivity index (χ4n) is 5.54. The van der Waals surface area contributed by atoms with Crippen molar-refractivity contribution in [3.63, 3.8) is 0 Å². The third-order valence-electron chi connectivity index (χ3n) is 8.36. The third-order valence-corrected chi connectivity index (χ3v) is 8.36. The summed E-state index contributed by atoms with van der Waals surface area (Å²) in [6.45, 7) is 7.96. The van der Waals surface area contributed by atoms with Crippen LogP contribution in [-0.2, 0) is 35.1 Å². The Bertz CT molecular complexity index is 1110. The molecule has 2 saturated heterocycles. The molecule has 1 saturated carbocycles. The summed E-state index contributed by atoms with van der Waals surface area (Å²) < 4.78 is 10.7. The SMILES string of the molecule is Cc1ccc(C[C@H](NC(=O)[C@H](C)NC(=O)CN2CCOCC2)C(=O)N[C@@H](CC2CCCC2)C(=O)[C@]2(C)CO2)cc1O. The Hall–Kier alpha value is -3.02. The maximum Gasteiger partial charge on any atom is 0.243 e. The molecular formula is C30H44N4O7. The first-order valence-electron chi connectivity index (χ1n) is 14.7. The van der Waals surface area contributed by atoms with Gasteiger partial charge in [0.15, 0.2) is 5.78 Å². The molecule has 4 atom stereocenters. The van der Waals surface area contributed by atoms with Crippen molar-refractivity contribution in [2.75, 3.05) is 39.5 Å². The molecule has 0 unspecified atom stereocenters. The summed E-state index contributed by atoms with van der Waals surface area (Å²) in [7, 11) is 0. The molecule has 3 fully saturated rings. The summed E-state index contributed by atoms with van der Waals surface area (Å²) in [4.78, 5) is 54.7. The standard InChI is InChI=1S/C30H44N4O7/c1-19-8-9-22(16-25(19)35)15-24(33-28(38)20(2)31-26(36)17-34-10-12-40-13-11-34)29(39)32-23(14-21-6-4-5-7-21)27(37)30(3)18-41-30/h8-9,16,20-21,23-24,35H,4-7,10-15,17-18H2,1-3H3,(H,31,36)(H,32,39)(H,33,38)/t20-,23-,24-,30-/m0/s1. The zero-order valence-electron chi connectivity index (χ0n) is 24.4. The zero-order valence-corrected chi connectivity index (χ0v) is 24.4. The Kier molecular flexibility index (Phi) is 10.4. The Morgan fingerprint density at radius 1 is 1.05 bits per heavy atom. The fourth-order valence-corrected chi connectivity index (χ4v) is 5.54. The average Bonchev–Trinajstić information content (AvgIpc) is 3.48. The van der Waals surface area contributed by atoms with Crippen LogP contribution in [0.1, 0.15) is 57.1 Å². The molecule has 1 aromatic carbocycles. The third kappa shape index (κ3) is 8.73. The van der Waals surface area contributed by atoms with Crippen LogP contribution in [-0.4, -0.2) is 96.7 Å². The highest BCUT2D eigenvalue weighted by molar-refractivity contribution is 5.98. The van der Waals surface area contributed by atoms with Crippen molar-refractivity contribution >= 4 is 23.5 Å². The molecule has 3 aliphatic rings. The number of carbonyl (C=O) groups excluding carboxylic acids is 4. The maximum atomic E-state index is 13.7. The molecule has 0 bridgehead atoms. The molecule has 11 heteroatoms. The number of rotatable bonds is 13. The second kappa shape index (κ2) is 13.8. The van der Waals surface area contributed by atoms with Gasteiger partial charge < -0.3 is 30.5 Å². The van der Waals surface area contributed by atoms with E-state index in [-0.39, 0.29) is 30.4 Å². The normalized spacial score (nSPS) is 23.3. The summed E-state index contributed by atoms with van der Waals surface area (Å²) in [5.74, 6) is -1.03. The van der Waals surface area contributed by atoms with Crippen molar-refractivity contribution in [2.45, 2.75) is 83.0 Å². The van der Waals surface area contributed by atoms with Gasteiger partial charge >= 0.3 is 0 Å². The van der Waals surface area contributed by atoms with Gasteiger partial charge in [-0.2, -0.15) is 0 Å². The summed E-state index contributed by atoms with van der Waals surface area (Å²) in [6, 6.07) is 2.45. The van der Waals surface area contributed by atoms with E-state index < -0.39 is 35.5 Å². The van der Waals surface area contributed by atoms with E-state index in [4.69, 9.17) is 9.47 Å². The van der Waals surface area contributed by atoms with Crippen LogP contribution in [0.5, 0.6) is 5.75 Å². The van der Waals surface area contributed by atoms with E-state index in [1.165, 1.54) is 0 Å². The molecule has 3 amide bonds. The van der Waals surface area contributed by atoms with Crippen LogP contribution in [0, 0.1) is 12.8 Å². The monoisotopic (exact) mass is 572 g/mol. The number of phenols is 1. The predicted octanol–water partition coefficient (Wildman–Crippen LogP) is 0.988. The molecule has 2 aliphatic heterocycles. The fraction of sp³-hybridized carbons (Fsp3) is 0.667. The van der Waals surface area contributed by atoms with Gasteiger partial charge in [-0.15, -0.1) is 0 Å². The number of amides is 3. The highest BCUT2D eigenvalue weighted by Gasteiger charge is 2.50. The number of carbonyl (C=O) groups is 4. The van der Waals surface area contributed by atoms with E-state index >= 15 is 0 Å². The summed E-state index contributed by atoms with van der Waals surface area (Å²) in [5, 5.41) is 18.6. The Labute approximate surface area is 241 Å². The minimum Gasteiger partial charge on any atom is -0.508 e. The first-order valence-corrected chi connectivity index (χ1v) is 14.7. The van der Waals surface area contributed by atoms with Gasteiger partial charge in [0.1, 0.15) is 23.4 Å². The van der Waals surface area contributed by atoms with Crippen LogP contribution in [0.15, 0.2) is 18.2 Å². The number of hydrogen-bond donors (Lipinski definition) is 4. The molecule has 0 aromatic heterocycles. The zero-order chi connectivity index (χ0) is 29.6. The first-order chi connectivity index (χ1) is 19.5. The van der Waals surface area contributed by atoms with Gasteiger partial charge in [0, 0.05) is 19.5 Å². The van der Waals surface area contributed by atoms with Crippen molar-refractivity contribution in [3.05, 3.63) is 29.3 Å². The van der Waals surface area contributed by atoms with Gasteiger partial charge in [0.25, 0.3) is 0 Å². The van der Waals surface area contributed by atoms with Gasteiger partial charge in [0.2, 0.25) is 17.7 Å². The molecule has 0 radical (unpaired) electrons. The minimum atomic E-state index is -1.03. The number of Topliss-reactive ketones (excluding diaryl/α,β-unsaturated/α-hetero) is 1. The molecule has 0 spiro atoms. The van der Waals surface area contributed by atoms with Gasteiger partial charge in [-0.3, -0.25) is 24.1 Å². The van der Waals surface area contributed by atoms with Crippen molar-refractivity contribution in [2.24, 2.45) is 5.92 Å². The van der Waals surface area contributed by atoms with Crippen LogP contribution in [0.25, 0.3) is 0 Å². The summed E-state index contributed by atoms with van der Waals surface area (Å²) in [6.07, 6.45) is 4.88. The summed E-state index contributed by atoms with van der Waals surface area (Å²) >= 11 is 0. The van der Waals surface area contributed by atoms with Crippen LogP contribution in [0.4, 0.5) is 0 Å². The molecule has 1 aromatic rings. The van der Waals surface area contributed by atoms with Crippen LogP contribution >= 0.6 is 0 Å². The number of ether oxygens (including phenoxy) is 2. The van der Waals surface area contributed by atoms with Gasteiger partial charge in [-0.25, -0.2) is 0 Å². The smallest absolute Gasteiger partial charge is 0.243 e. The lowest BCUT2D eigenvalue weighted by Gasteiger charge is -2.27. The van der Waals surface area contributed by atoms with Crippen LogP contribution < -0.4 is 16.0 Å². The molecule has 11 nitrogen and oxygen atoms in total. The van der Waals surface area contributed by atoms with Crippen molar-refractivity contribution < 1.29 is 33.8 Å². The second-order valence-electron chi connectivity index (χ2n) is 11.9. The number of ketones is 1. The quantitative estimate of drug-likeness (QED) is 0.256. The van der Waals surface area contributed by atoms with E-state index in [1.54, 1.807) is 39.0 Å². The molecule has 1 aliphatic carbocycles. The van der Waals surface area contributed by atoms with E-state index in [1.807, 2.05) is 4.90 Å². The Morgan fingerprint density at radius 3 is 2.34 bits per heavy atom. The number of epoxide rings is 1. The van der Waals surface area contributed by atoms with E-state index in [0.717, 1.165) is 25.7 Å². The predicted molar refractivity (Wildman–Crippen MR) is 151 cm³/mol. The highest BCUT2D eigenvalue weighted by Crippen LogP contribution is 2.33. The van der Waals surface area contributed by atoms with Gasteiger partial charge in [-0.05, 0) is 50.3 Å². The van der Waals surface area contributed by atoms with Gasteiger partial charge in [-0.1, -0.05) is 37.8 Å². The number of phenolic OH excluding ortho intramolecular Hbond substituents is 1.